The van der Waals surface area contributed by atoms with Gasteiger partial charge >= 0.3 is 0 Å². The number of hydrogen-bond acceptors (Lipinski definition) is 4. The van der Waals surface area contributed by atoms with Crippen molar-refractivity contribution in [3.63, 3.8) is 0 Å². The van der Waals surface area contributed by atoms with Crippen LogP contribution < -0.4 is 0 Å². The first-order valence-electron chi connectivity index (χ1n) is 4.01. The molecular weight excluding hydrogens is 148 g/mol. The number of hydrogen-bond donors (Lipinski definition) is 1. The van der Waals surface area contributed by atoms with Crippen LogP contribution in [-0.2, 0) is 14.2 Å². The molecular formula is C7H8O4. The molecule has 0 saturated carbocycles. The molecule has 0 aromatic rings. The van der Waals surface area contributed by atoms with E-state index in [1.54, 1.807) is 0 Å². The number of fused-ring (bicyclic) bond motifs is 7. The van der Waals surface area contributed by atoms with E-state index in [2.05, 4.69) is 0 Å². The van der Waals surface area contributed by atoms with Crippen molar-refractivity contribution >= 4 is 0 Å². The minimum atomic E-state index is -0.450. The van der Waals surface area contributed by atoms with Crippen LogP contribution in [0.15, 0.2) is 0 Å². The van der Waals surface area contributed by atoms with Gasteiger partial charge in [-0.15, -0.1) is 0 Å². The maximum Gasteiger partial charge on any atom is 0.116 e. The van der Waals surface area contributed by atoms with E-state index < -0.39 is 6.10 Å². The molecule has 11 heavy (non-hydrogen) atoms. The van der Waals surface area contributed by atoms with Crippen LogP contribution in [0.1, 0.15) is 0 Å². The van der Waals surface area contributed by atoms with Gasteiger partial charge in [0.15, 0.2) is 0 Å². The SMILES string of the molecule is OC1C2OC2C2OC1C1OC12. The van der Waals surface area contributed by atoms with Crippen LogP contribution >= 0.6 is 0 Å². The summed E-state index contributed by atoms with van der Waals surface area (Å²) in [6.07, 6.45) is 0.147. The Kier molecular flexibility index (Phi) is 0.674. The summed E-state index contributed by atoms with van der Waals surface area (Å²) >= 11 is 0. The first-order valence-corrected chi connectivity index (χ1v) is 4.01. The molecule has 4 heteroatoms. The molecule has 0 radical (unpaired) electrons. The van der Waals surface area contributed by atoms with Crippen molar-refractivity contribution in [2.45, 2.75) is 42.7 Å². The van der Waals surface area contributed by atoms with Gasteiger partial charge in [-0.3, -0.25) is 0 Å². The van der Waals surface area contributed by atoms with E-state index >= 15 is 0 Å². The summed E-state index contributed by atoms with van der Waals surface area (Å²) in [5.41, 5.74) is 0. The van der Waals surface area contributed by atoms with Crippen molar-refractivity contribution in [3.05, 3.63) is 0 Å². The average molecular weight is 156 g/mol. The van der Waals surface area contributed by atoms with Gasteiger partial charge in [0.2, 0.25) is 0 Å². The van der Waals surface area contributed by atoms with E-state index in [1.807, 2.05) is 0 Å². The Morgan fingerprint density at radius 1 is 0.636 bits per heavy atom. The second-order valence-electron chi connectivity index (χ2n) is 3.69. The predicted octanol–water partition coefficient (Wildman–Crippen LogP) is -1.34. The van der Waals surface area contributed by atoms with E-state index in [0.29, 0.717) is 0 Å². The molecule has 7 atom stereocenters. The molecule has 1 N–H and O–H groups in total. The molecule has 7 unspecified atom stereocenters. The monoisotopic (exact) mass is 156 g/mol. The maximum absolute atomic E-state index is 9.57. The highest BCUT2D eigenvalue weighted by Crippen LogP contribution is 2.53. The van der Waals surface area contributed by atoms with Gasteiger partial charge in [0.25, 0.3) is 0 Å². The molecule has 0 spiro atoms. The van der Waals surface area contributed by atoms with Crippen LogP contribution in [0.5, 0.6) is 0 Å². The van der Waals surface area contributed by atoms with E-state index in [0.717, 1.165) is 0 Å². The van der Waals surface area contributed by atoms with Crippen molar-refractivity contribution in [2.24, 2.45) is 0 Å². The number of rotatable bonds is 0. The molecule has 4 nitrogen and oxygen atoms in total. The van der Waals surface area contributed by atoms with Gasteiger partial charge in [0, 0.05) is 0 Å². The van der Waals surface area contributed by atoms with Crippen molar-refractivity contribution in [2.75, 3.05) is 0 Å². The van der Waals surface area contributed by atoms with Gasteiger partial charge in [-0.2, -0.15) is 0 Å². The quantitative estimate of drug-likeness (QED) is 0.441. The molecule has 0 aromatic heterocycles. The molecule has 4 aliphatic rings. The third kappa shape index (κ3) is 0.471. The lowest BCUT2D eigenvalue weighted by atomic mass is 10.1. The molecule has 4 heterocycles. The Morgan fingerprint density at radius 2 is 1.00 bits per heavy atom. The number of ether oxygens (including phenoxy) is 3. The predicted molar refractivity (Wildman–Crippen MR) is 32.0 cm³/mol. The molecule has 2 bridgehead atoms. The van der Waals surface area contributed by atoms with Gasteiger partial charge in [0.05, 0.1) is 0 Å². The second kappa shape index (κ2) is 1.35. The highest BCUT2D eigenvalue weighted by atomic mass is 16.7. The molecule has 4 aliphatic heterocycles. The van der Waals surface area contributed by atoms with Gasteiger partial charge < -0.3 is 19.3 Å². The lowest BCUT2D eigenvalue weighted by molar-refractivity contribution is -0.105. The van der Waals surface area contributed by atoms with Crippen LogP contribution in [0.2, 0.25) is 0 Å². The largest absolute Gasteiger partial charge is 0.387 e. The number of epoxide rings is 2. The first kappa shape index (κ1) is 5.48. The summed E-state index contributed by atoms with van der Waals surface area (Å²) in [5.74, 6) is 0. The van der Waals surface area contributed by atoms with Crippen LogP contribution in [0.4, 0.5) is 0 Å². The van der Waals surface area contributed by atoms with Gasteiger partial charge in [0.1, 0.15) is 42.7 Å². The van der Waals surface area contributed by atoms with E-state index in [4.69, 9.17) is 14.2 Å². The van der Waals surface area contributed by atoms with E-state index in [1.165, 1.54) is 0 Å². The summed E-state index contributed by atoms with van der Waals surface area (Å²) < 4.78 is 16.1. The fourth-order valence-corrected chi connectivity index (χ4v) is 2.40. The summed E-state index contributed by atoms with van der Waals surface area (Å²) in [5, 5.41) is 9.57. The fourth-order valence-electron chi connectivity index (χ4n) is 2.40. The summed E-state index contributed by atoms with van der Waals surface area (Å²) in [6.45, 7) is 0. The molecule has 4 rings (SSSR count). The molecule has 4 fully saturated rings. The van der Waals surface area contributed by atoms with Gasteiger partial charge in [-0.25, -0.2) is 0 Å². The highest BCUT2D eigenvalue weighted by Gasteiger charge is 2.73. The zero-order chi connectivity index (χ0) is 7.16. The van der Waals surface area contributed by atoms with Crippen molar-refractivity contribution in [3.8, 4) is 0 Å². The Balaban J connectivity index is 1.80. The smallest absolute Gasteiger partial charge is 0.116 e. The lowest BCUT2D eigenvalue weighted by Gasteiger charge is -2.24. The normalized spacial score (nSPS) is 75.5. The molecule has 4 saturated heterocycles. The zero-order valence-corrected chi connectivity index (χ0v) is 5.71. The third-order valence-electron chi connectivity index (χ3n) is 3.08. The fraction of sp³-hybridized carbons (Fsp3) is 1.00. The van der Waals surface area contributed by atoms with Crippen LogP contribution in [0.3, 0.4) is 0 Å². The van der Waals surface area contributed by atoms with Crippen LogP contribution in [0.25, 0.3) is 0 Å². The molecule has 0 amide bonds. The number of aliphatic hydroxyl groups is 1. The average Bonchev–Trinajstić information content (AvgIpc) is 2.83. The molecule has 60 valence electrons. The lowest BCUT2D eigenvalue weighted by Crippen LogP contribution is -2.43. The molecule has 0 aliphatic carbocycles. The van der Waals surface area contributed by atoms with Crippen molar-refractivity contribution < 1.29 is 19.3 Å². The summed E-state index contributed by atoms with van der Waals surface area (Å²) in [7, 11) is 0. The van der Waals surface area contributed by atoms with E-state index in [9.17, 15) is 5.11 Å². The van der Waals surface area contributed by atoms with Gasteiger partial charge in [-0.05, 0) is 0 Å². The Morgan fingerprint density at radius 3 is 1.55 bits per heavy atom. The topological polar surface area (TPSA) is 54.5 Å². The molecule has 0 aromatic carbocycles. The second-order valence-corrected chi connectivity index (χ2v) is 3.69. The number of aliphatic hydroxyl groups excluding tert-OH is 1. The Bertz CT molecular complexity index is 228. The van der Waals surface area contributed by atoms with E-state index in [-0.39, 0.29) is 36.6 Å². The summed E-state index contributed by atoms with van der Waals surface area (Å²) in [4.78, 5) is 0. The summed E-state index contributed by atoms with van der Waals surface area (Å²) in [6, 6.07) is 0. The van der Waals surface area contributed by atoms with Crippen molar-refractivity contribution in [1.82, 2.24) is 0 Å². The standard InChI is InChI=1S/C7H8O4/c8-1-2-4(9-2)6-7-5(11-7)3(1)10-6/h1-8H. The minimum absolute atomic E-state index is 0.0511. The van der Waals surface area contributed by atoms with Crippen LogP contribution in [0, 0.1) is 0 Å². The third-order valence-corrected chi connectivity index (χ3v) is 3.08. The van der Waals surface area contributed by atoms with Crippen molar-refractivity contribution in [1.29, 1.82) is 0 Å². The Hall–Kier alpha value is -0.160. The highest BCUT2D eigenvalue weighted by molar-refractivity contribution is 5.19. The maximum atomic E-state index is 9.57. The Labute approximate surface area is 63.0 Å². The van der Waals surface area contributed by atoms with Crippen LogP contribution in [-0.4, -0.2) is 47.8 Å². The first-order chi connectivity index (χ1) is 5.36. The zero-order valence-electron chi connectivity index (χ0n) is 5.71. The van der Waals surface area contributed by atoms with Gasteiger partial charge in [-0.1, -0.05) is 0 Å². The minimum Gasteiger partial charge on any atom is -0.387 e.